The summed E-state index contributed by atoms with van der Waals surface area (Å²) in [5, 5.41) is 0. The van der Waals surface area contributed by atoms with Crippen molar-refractivity contribution in [2.75, 3.05) is 0 Å². The van der Waals surface area contributed by atoms with E-state index in [0.29, 0.717) is 11.7 Å². The van der Waals surface area contributed by atoms with Gasteiger partial charge in [0, 0.05) is 16.7 Å². The van der Waals surface area contributed by atoms with Crippen LogP contribution in [0.3, 0.4) is 0 Å². The number of nitrogens with zero attached hydrogens (tertiary/aromatic N) is 2. The lowest BCUT2D eigenvalue weighted by Crippen LogP contribution is -2.35. The lowest BCUT2D eigenvalue weighted by atomic mass is 9.62. The van der Waals surface area contributed by atoms with Crippen LogP contribution < -0.4 is 0 Å². The Morgan fingerprint density at radius 1 is 0.418 bits per heavy atom. The summed E-state index contributed by atoms with van der Waals surface area (Å²) >= 11 is 0. The number of hydrogen-bond donors (Lipinski definition) is 0. The van der Waals surface area contributed by atoms with Crippen molar-refractivity contribution in [3.63, 3.8) is 0 Å². The van der Waals surface area contributed by atoms with Crippen molar-refractivity contribution in [3.05, 3.63) is 229 Å². The maximum absolute atomic E-state index is 5.03. The molecular formula is C53H38N2. The molecule has 0 radical (unpaired) electrons. The first-order valence-corrected chi connectivity index (χ1v) is 19.1. The zero-order valence-corrected chi connectivity index (χ0v) is 30.4. The summed E-state index contributed by atoms with van der Waals surface area (Å²) in [7, 11) is 0. The van der Waals surface area contributed by atoms with E-state index >= 15 is 0 Å². The van der Waals surface area contributed by atoms with Gasteiger partial charge in [0.05, 0.1) is 16.8 Å². The summed E-state index contributed by atoms with van der Waals surface area (Å²) in [6, 6.07) is 67.6. The van der Waals surface area contributed by atoms with Crippen molar-refractivity contribution < 1.29 is 0 Å². The van der Waals surface area contributed by atoms with E-state index in [-0.39, 0.29) is 5.41 Å². The Balaban J connectivity index is 1.01. The molecule has 0 amide bonds. The van der Waals surface area contributed by atoms with Gasteiger partial charge in [0.1, 0.15) is 0 Å². The Labute approximate surface area is 322 Å². The average Bonchev–Trinajstić information content (AvgIpc) is 3.59. The molecule has 1 aromatic heterocycles. The summed E-state index contributed by atoms with van der Waals surface area (Å²) in [6.45, 7) is 0. The zero-order chi connectivity index (χ0) is 36.6. The van der Waals surface area contributed by atoms with E-state index in [0.717, 1.165) is 40.1 Å². The summed E-state index contributed by atoms with van der Waals surface area (Å²) in [6.07, 6.45) is 10.1. The van der Waals surface area contributed by atoms with Gasteiger partial charge >= 0.3 is 0 Å². The van der Waals surface area contributed by atoms with Crippen molar-refractivity contribution >= 4 is 0 Å². The molecule has 2 nitrogen and oxygen atoms in total. The molecule has 2 unspecified atom stereocenters. The van der Waals surface area contributed by atoms with E-state index in [9.17, 15) is 0 Å². The minimum absolute atomic E-state index is 0.279. The highest BCUT2D eigenvalue weighted by Crippen LogP contribution is 2.59. The lowest BCUT2D eigenvalue weighted by Gasteiger charge is -2.39. The van der Waals surface area contributed by atoms with Crippen LogP contribution in [0.15, 0.2) is 212 Å². The van der Waals surface area contributed by atoms with Crippen LogP contribution in [-0.4, -0.2) is 9.97 Å². The predicted molar refractivity (Wildman–Crippen MR) is 227 cm³/mol. The zero-order valence-electron chi connectivity index (χ0n) is 30.4. The molecule has 2 heteroatoms. The number of fused-ring (bicyclic) bond motifs is 3. The largest absolute Gasteiger partial charge is 0.228 e. The van der Waals surface area contributed by atoms with Gasteiger partial charge in [-0.05, 0) is 68.5 Å². The molecule has 55 heavy (non-hydrogen) atoms. The van der Waals surface area contributed by atoms with Crippen molar-refractivity contribution in [3.8, 4) is 67.3 Å². The van der Waals surface area contributed by atoms with Crippen LogP contribution in [0, 0.1) is 5.92 Å². The van der Waals surface area contributed by atoms with Crippen LogP contribution in [0.2, 0.25) is 0 Å². The van der Waals surface area contributed by atoms with Crippen LogP contribution in [-0.2, 0) is 5.41 Å². The first-order chi connectivity index (χ1) is 27.3. The number of allylic oxidation sites excluding steroid dienone is 4. The second-order valence-corrected chi connectivity index (χ2v) is 14.5. The molecular weight excluding hydrogens is 665 g/mol. The monoisotopic (exact) mass is 702 g/mol. The molecule has 2 atom stereocenters. The third kappa shape index (κ3) is 5.66. The van der Waals surface area contributed by atoms with E-state index < -0.39 is 0 Å². The number of hydrogen-bond acceptors (Lipinski definition) is 2. The second kappa shape index (κ2) is 13.8. The van der Waals surface area contributed by atoms with Gasteiger partial charge in [0.15, 0.2) is 5.82 Å². The van der Waals surface area contributed by atoms with Gasteiger partial charge in [0.25, 0.3) is 0 Å². The molecule has 0 saturated heterocycles. The fourth-order valence-electron chi connectivity index (χ4n) is 8.87. The molecule has 260 valence electrons. The van der Waals surface area contributed by atoms with Crippen molar-refractivity contribution in [2.45, 2.75) is 11.8 Å². The summed E-state index contributed by atoms with van der Waals surface area (Å²) < 4.78 is 0. The molecule has 8 aromatic rings. The second-order valence-electron chi connectivity index (χ2n) is 14.5. The van der Waals surface area contributed by atoms with Crippen molar-refractivity contribution in [2.24, 2.45) is 5.92 Å². The van der Waals surface area contributed by atoms with Gasteiger partial charge in [-0.3, -0.25) is 0 Å². The number of aromatic nitrogens is 2. The van der Waals surface area contributed by atoms with Crippen LogP contribution in [0.25, 0.3) is 67.3 Å². The first kappa shape index (κ1) is 32.7. The first-order valence-electron chi connectivity index (χ1n) is 19.1. The van der Waals surface area contributed by atoms with Gasteiger partial charge in [-0.25, -0.2) is 9.97 Å². The molecule has 0 saturated carbocycles. The molecule has 2 aliphatic rings. The quantitative estimate of drug-likeness (QED) is 0.165. The minimum Gasteiger partial charge on any atom is -0.228 e. The predicted octanol–water partition coefficient (Wildman–Crippen LogP) is 13.3. The van der Waals surface area contributed by atoms with Crippen molar-refractivity contribution in [1.82, 2.24) is 9.97 Å². The Morgan fingerprint density at radius 2 is 0.945 bits per heavy atom. The maximum Gasteiger partial charge on any atom is 0.160 e. The molecule has 0 spiro atoms. The Hall–Kier alpha value is -6.90. The Bertz CT molecular complexity index is 2640. The van der Waals surface area contributed by atoms with E-state index in [1.54, 1.807) is 0 Å². The molecule has 0 aliphatic heterocycles. The van der Waals surface area contributed by atoms with Gasteiger partial charge in [-0.2, -0.15) is 0 Å². The van der Waals surface area contributed by atoms with E-state index in [4.69, 9.17) is 9.97 Å². The third-order valence-corrected chi connectivity index (χ3v) is 11.4. The Morgan fingerprint density at radius 3 is 1.56 bits per heavy atom. The fourth-order valence-corrected chi connectivity index (χ4v) is 8.87. The van der Waals surface area contributed by atoms with Crippen LogP contribution in [0.5, 0.6) is 0 Å². The maximum atomic E-state index is 5.03. The minimum atomic E-state index is -0.279. The van der Waals surface area contributed by atoms with Gasteiger partial charge < -0.3 is 0 Å². The Kier molecular flexibility index (Phi) is 8.22. The van der Waals surface area contributed by atoms with E-state index in [2.05, 4.69) is 176 Å². The van der Waals surface area contributed by atoms with E-state index in [1.807, 2.05) is 36.4 Å². The van der Waals surface area contributed by atoms with Crippen LogP contribution in [0.1, 0.15) is 23.1 Å². The molecule has 0 bridgehead atoms. The molecule has 0 fully saturated rings. The van der Waals surface area contributed by atoms with Gasteiger partial charge in [0.2, 0.25) is 0 Å². The lowest BCUT2D eigenvalue weighted by molar-refractivity contribution is 0.457. The highest BCUT2D eigenvalue weighted by atomic mass is 14.9. The molecule has 0 N–H and O–H groups in total. The van der Waals surface area contributed by atoms with E-state index in [1.165, 1.54) is 44.5 Å². The number of benzene rings is 7. The highest BCUT2D eigenvalue weighted by Gasteiger charge is 2.49. The number of rotatable bonds is 7. The summed E-state index contributed by atoms with van der Waals surface area (Å²) in [5.74, 6) is 1.02. The van der Waals surface area contributed by atoms with Gasteiger partial charge in [-0.15, -0.1) is 0 Å². The summed E-state index contributed by atoms with van der Waals surface area (Å²) in [4.78, 5) is 10.1. The average molecular weight is 703 g/mol. The third-order valence-electron chi connectivity index (χ3n) is 11.4. The highest BCUT2D eigenvalue weighted by molar-refractivity contribution is 5.94. The molecule has 10 rings (SSSR count). The van der Waals surface area contributed by atoms with Gasteiger partial charge in [-0.1, -0.05) is 206 Å². The van der Waals surface area contributed by atoms with Crippen molar-refractivity contribution in [1.29, 1.82) is 0 Å². The van der Waals surface area contributed by atoms with Crippen LogP contribution >= 0.6 is 0 Å². The topological polar surface area (TPSA) is 25.8 Å². The summed E-state index contributed by atoms with van der Waals surface area (Å²) in [5.41, 5.74) is 16.3. The normalized spacial score (nSPS) is 16.8. The van der Waals surface area contributed by atoms with Crippen LogP contribution in [0.4, 0.5) is 0 Å². The fraction of sp³-hybridized carbons (Fsp3) is 0.0566. The standard InChI is InChI=1S/C53H38N2/c1-5-16-40(17-6-1)49-36-50(41-18-7-2-8-19-41)55-52(54-49)42-34-30-38(31-35-42)37-28-32-39(33-29-37)45-25-15-27-48-51(45)46-24-13-14-26-47(46)53(48,43-20-9-3-10-21-43)44-22-11-4-12-23-44/h1-22,24-36,44H,23H2. The smallest absolute Gasteiger partial charge is 0.160 e. The molecule has 7 aromatic carbocycles. The molecule has 2 aliphatic carbocycles. The SMILES string of the molecule is C1=CCC(C2(c3ccccc3)c3ccccc3-c3c(-c4ccc(-c5ccc(-c6nc(-c7ccccc7)cc(-c7ccccc7)n6)cc5)cc4)cccc32)C=C1. The molecule has 1 heterocycles.